The van der Waals surface area contributed by atoms with Gasteiger partial charge in [-0.1, -0.05) is 23.8 Å². The fraction of sp³-hybridized carbons (Fsp3) is 0.438. The number of carbonyl (C=O) groups excluding carboxylic acids is 1. The number of nitrogens with one attached hydrogen (secondary N) is 1. The first kappa shape index (κ1) is 16.4. The number of ether oxygens (including phenoxy) is 1. The summed E-state index contributed by atoms with van der Waals surface area (Å²) in [5.74, 6) is 0.0624. The molecule has 0 aliphatic heterocycles. The molecule has 2 rings (SSSR count). The fourth-order valence-electron chi connectivity index (χ4n) is 2.49. The normalized spacial score (nSPS) is 19.1. The quantitative estimate of drug-likeness (QED) is 0.596. The summed E-state index contributed by atoms with van der Waals surface area (Å²) in [6, 6.07) is 5.23. The molecule has 1 aliphatic rings. The summed E-state index contributed by atoms with van der Waals surface area (Å²) in [6.45, 7) is 2.22. The molecule has 0 saturated heterocycles. The lowest BCUT2D eigenvalue weighted by atomic mass is 9.87. The van der Waals surface area contributed by atoms with Crippen molar-refractivity contribution >= 4 is 39.2 Å². The van der Waals surface area contributed by atoms with Crippen LogP contribution in [0.2, 0.25) is 5.02 Å². The Labute approximate surface area is 138 Å². The molecule has 1 aliphatic carbocycles. The molecule has 2 atom stereocenters. The summed E-state index contributed by atoms with van der Waals surface area (Å²) in [5.41, 5.74) is 0.860. The lowest BCUT2D eigenvalue weighted by molar-refractivity contribution is -0.145. The Morgan fingerprint density at radius 1 is 1.52 bits per heavy atom. The van der Waals surface area contributed by atoms with E-state index in [1.54, 1.807) is 6.07 Å². The SMILES string of the molecule is CCOC(=O)C(Nc1ccc(Cl)c(Br)c1)C1CC=CCC1. The molecule has 0 bridgehead atoms. The Morgan fingerprint density at radius 3 is 2.95 bits per heavy atom. The van der Waals surface area contributed by atoms with Gasteiger partial charge in [0.2, 0.25) is 0 Å². The Hall–Kier alpha value is -1.000. The van der Waals surface area contributed by atoms with Gasteiger partial charge < -0.3 is 10.1 Å². The molecule has 1 N–H and O–H groups in total. The summed E-state index contributed by atoms with van der Waals surface area (Å²) in [5, 5.41) is 3.95. The number of carbonyl (C=O) groups is 1. The lowest BCUT2D eigenvalue weighted by Gasteiger charge is -2.28. The maximum absolute atomic E-state index is 12.3. The van der Waals surface area contributed by atoms with Crippen LogP contribution in [0.25, 0.3) is 0 Å². The third-order valence-corrected chi connectivity index (χ3v) is 4.78. The van der Waals surface area contributed by atoms with Gasteiger partial charge in [0.25, 0.3) is 0 Å². The molecular formula is C16H19BrClNO2. The second-order valence-corrected chi connectivity index (χ2v) is 6.31. The molecule has 0 spiro atoms. The smallest absolute Gasteiger partial charge is 0.328 e. The molecule has 0 heterocycles. The zero-order valence-corrected chi connectivity index (χ0v) is 14.3. The topological polar surface area (TPSA) is 38.3 Å². The van der Waals surface area contributed by atoms with E-state index >= 15 is 0 Å². The van der Waals surface area contributed by atoms with Crippen LogP contribution < -0.4 is 5.32 Å². The number of rotatable bonds is 5. The minimum Gasteiger partial charge on any atom is -0.464 e. The first-order chi connectivity index (χ1) is 10.1. The number of anilines is 1. The molecule has 0 amide bonds. The highest BCUT2D eigenvalue weighted by molar-refractivity contribution is 9.10. The van der Waals surface area contributed by atoms with Crippen LogP contribution in [0.4, 0.5) is 5.69 Å². The van der Waals surface area contributed by atoms with Crippen LogP contribution in [-0.4, -0.2) is 18.6 Å². The summed E-state index contributed by atoms with van der Waals surface area (Å²) in [7, 11) is 0. The van der Waals surface area contributed by atoms with E-state index in [9.17, 15) is 4.79 Å². The van der Waals surface area contributed by atoms with E-state index in [1.807, 2.05) is 19.1 Å². The summed E-state index contributed by atoms with van der Waals surface area (Å²) < 4.78 is 6.03. The molecule has 21 heavy (non-hydrogen) atoms. The van der Waals surface area contributed by atoms with Crippen molar-refractivity contribution in [2.24, 2.45) is 5.92 Å². The summed E-state index contributed by atoms with van der Waals surface area (Å²) >= 11 is 9.40. The van der Waals surface area contributed by atoms with Crippen LogP contribution in [0.15, 0.2) is 34.8 Å². The monoisotopic (exact) mass is 371 g/mol. The molecule has 0 fully saturated rings. The van der Waals surface area contributed by atoms with Gasteiger partial charge in [-0.05, 0) is 66.2 Å². The van der Waals surface area contributed by atoms with Crippen molar-refractivity contribution in [1.82, 2.24) is 0 Å². The highest BCUT2D eigenvalue weighted by Crippen LogP contribution is 2.29. The Kier molecular flexibility index (Phi) is 6.12. The van der Waals surface area contributed by atoms with Gasteiger partial charge in [-0.2, -0.15) is 0 Å². The van der Waals surface area contributed by atoms with Crippen molar-refractivity contribution in [1.29, 1.82) is 0 Å². The number of hydrogen-bond acceptors (Lipinski definition) is 3. The maximum atomic E-state index is 12.3. The van der Waals surface area contributed by atoms with E-state index in [0.717, 1.165) is 29.4 Å². The minimum absolute atomic E-state index is 0.191. The predicted molar refractivity (Wildman–Crippen MR) is 89.7 cm³/mol. The number of hydrogen-bond donors (Lipinski definition) is 1. The van der Waals surface area contributed by atoms with Gasteiger partial charge in [-0.15, -0.1) is 0 Å². The number of allylic oxidation sites excluding steroid dienone is 2. The third-order valence-electron chi connectivity index (χ3n) is 3.56. The van der Waals surface area contributed by atoms with Crippen LogP contribution in [0, 0.1) is 5.92 Å². The first-order valence-electron chi connectivity index (χ1n) is 7.15. The molecule has 0 radical (unpaired) electrons. The first-order valence-corrected chi connectivity index (χ1v) is 8.32. The second-order valence-electron chi connectivity index (χ2n) is 5.05. The number of halogens is 2. The Bertz CT molecular complexity index is 533. The number of esters is 1. The highest BCUT2D eigenvalue weighted by atomic mass is 79.9. The standard InChI is InChI=1S/C16H19BrClNO2/c1-2-21-16(20)15(11-6-4-3-5-7-11)19-12-8-9-14(18)13(17)10-12/h3-4,8-11,15,19H,2,5-7H2,1H3. The molecule has 2 unspecified atom stereocenters. The van der Waals surface area contributed by atoms with Crippen LogP contribution in [0.1, 0.15) is 26.2 Å². The van der Waals surface area contributed by atoms with Gasteiger partial charge in [-0.25, -0.2) is 4.79 Å². The van der Waals surface area contributed by atoms with E-state index in [0.29, 0.717) is 11.6 Å². The molecule has 1 aromatic carbocycles. The van der Waals surface area contributed by atoms with Crippen LogP contribution in [0.3, 0.4) is 0 Å². The van der Waals surface area contributed by atoms with E-state index < -0.39 is 0 Å². The molecule has 1 aromatic rings. The lowest BCUT2D eigenvalue weighted by Crippen LogP contribution is -2.38. The van der Waals surface area contributed by atoms with Crippen molar-refractivity contribution in [3.63, 3.8) is 0 Å². The van der Waals surface area contributed by atoms with Crippen LogP contribution >= 0.6 is 27.5 Å². The minimum atomic E-state index is -0.331. The average Bonchev–Trinajstić information content (AvgIpc) is 2.49. The van der Waals surface area contributed by atoms with Gasteiger partial charge >= 0.3 is 5.97 Å². The third kappa shape index (κ3) is 4.48. The van der Waals surface area contributed by atoms with Crippen LogP contribution in [-0.2, 0) is 9.53 Å². The van der Waals surface area contributed by atoms with Crippen LogP contribution in [0.5, 0.6) is 0 Å². The average molecular weight is 373 g/mol. The van der Waals surface area contributed by atoms with Gasteiger partial charge in [0.15, 0.2) is 0 Å². The van der Waals surface area contributed by atoms with E-state index in [4.69, 9.17) is 16.3 Å². The maximum Gasteiger partial charge on any atom is 0.328 e. The van der Waals surface area contributed by atoms with E-state index in [-0.39, 0.29) is 17.9 Å². The Morgan fingerprint density at radius 2 is 2.33 bits per heavy atom. The van der Waals surface area contributed by atoms with Crippen molar-refractivity contribution in [3.05, 3.63) is 39.8 Å². The molecular weight excluding hydrogens is 354 g/mol. The molecule has 0 saturated carbocycles. The molecule has 0 aromatic heterocycles. The highest BCUT2D eigenvalue weighted by Gasteiger charge is 2.29. The van der Waals surface area contributed by atoms with Gasteiger partial charge in [0.1, 0.15) is 6.04 Å². The van der Waals surface area contributed by atoms with E-state index in [1.165, 1.54) is 0 Å². The zero-order valence-electron chi connectivity index (χ0n) is 11.9. The van der Waals surface area contributed by atoms with Gasteiger partial charge in [-0.3, -0.25) is 0 Å². The van der Waals surface area contributed by atoms with Crippen molar-refractivity contribution in [3.8, 4) is 0 Å². The summed E-state index contributed by atoms with van der Waals surface area (Å²) in [4.78, 5) is 12.3. The summed E-state index contributed by atoms with van der Waals surface area (Å²) in [6.07, 6.45) is 7.19. The van der Waals surface area contributed by atoms with Crippen molar-refractivity contribution < 1.29 is 9.53 Å². The predicted octanol–water partition coefficient (Wildman–Crippen LogP) is 4.80. The van der Waals surface area contributed by atoms with Gasteiger partial charge in [0.05, 0.1) is 11.6 Å². The van der Waals surface area contributed by atoms with Gasteiger partial charge in [0, 0.05) is 10.2 Å². The molecule has 3 nitrogen and oxygen atoms in total. The Balaban J connectivity index is 2.16. The fourth-order valence-corrected chi connectivity index (χ4v) is 2.98. The van der Waals surface area contributed by atoms with Crippen molar-refractivity contribution in [2.45, 2.75) is 32.2 Å². The zero-order chi connectivity index (χ0) is 15.2. The molecule has 5 heteroatoms. The van der Waals surface area contributed by atoms with Crippen molar-refractivity contribution in [2.75, 3.05) is 11.9 Å². The largest absolute Gasteiger partial charge is 0.464 e. The number of benzene rings is 1. The van der Waals surface area contributed by atoms with E-state index in [2.05, 4.69) is 33.4 Å². The molecule has 114 valence electrons. The second kappa shape index (κ2) is 7.85.